The number of nitriles is 1. The first-order chi connectivity index (χ1) is 10.2. The Morgan fingerprint density at radius 1 is 1.33 bits per heavy atom. The molecule has 0 aliphatic rings. The Balaban J connectivity index is 1.96. The van der Waals surface area contributed by atoms with E-state index < -0.39 is 5.54 Å². The number of fused-ring (bicyclic) bond motifs is 1. The van der Waals surface area contributed by atoms with Crippen LogP contribution in [0.15, 0.2) is 36.5 Å². The summed E-state index contributed by atoms with van der Waals surface area (Å²) >= 11 is 0. The molecular weight excluding hydrogens is 262 g/mol. The molecule has 4 nitrogen and oxygen atoms in total. The molecule has 0 saturated carbocycles. The lowest BCUT2D eigenvalue weighted by Gasteiger charge is -2.24. The summed E-state index contributed by atoms with van der Waals surface area (Å²) in [6, 6.07) is 12.2. The van der Waals surface area contributed by atoms with Gasteiger partial charge in [0.25, 0.3) is 0 Å². The second kappa shape index (κ2) is 7.05. The minimum atomic E-state index is -0.444. The van der Waals surface area contributed by atoms with Crippen molar-refractivity contribution < 1.29 is 4.74 Å². The number of nitrogens with one attached hydrogen (secondary N) is 1. The van der Waals surface area contributed by atoms with Gasteiger partial charge in [-0.2, -0.15) is 5.26 Å². The maximum absolute atomic E-state index is 9.27. The van der Waals surface area contributed by atoms with Crippen molar-refractivity contribution in [2.75, 3.05) is 13.7 Å². The Kier molecular flexibility index (Phi) is 5.13. The Bertz CT molecular complexity index is 624. The number of nitrogens with zero attached hydrogens (tertiary/aromatic N) is 2. The number of ether oxygens (including phenoxy) is 1. The smallest absolute Gasteiger partial charge is 0.145 e. The van der Waals surface area contributed by atoms with E-state index >= 15 is 0 Å². The van der Waals surface area contributed by atoms with Crippen LogP contribution in [0.1, 0.15) is 26.2 Å². The summed E-state index contributed by atoms with van der Waals surface area (Å²) in [6.07, 6.45) is 4.16. The molecule has 1 N–H and O–H groups in total. The zero-order valence-corrected chi connectivity index (χ0v) is 12.6. The van der Waals surface area contributed by atoms with Crippen LogP contribution in [0, 0.1) is 11.3 Å². The molecule has 1 heterocycles. The third-order valence-corrected chi connectivity index (χ3v) is 3.90. The highest BCUT2D eigenvalue weighted by atomic mass is 16.5. The molecule has 0 fully saturated rings. The summed E-state index contributed by atoms with van der Waals surface area (Å²) < 4.78 is 5.85. The molecule has 0 aliphatic carbocycles. The van der Waals surface area contributed by atoms with Crippen molar-refractivity contribution in [3.05, 3.63) is 36.5 Å². The molecule has 0 radical (unpaired) electrons. The zero-order valence-electron chi connectivity index (χ0n) is 12.6. The SMILES string of the molecule is CCC(C#N)(CCCOc1cccc2cccnc12)NC. The van der Waals surface area contributed by atoms with Crippen LogP contribution < -0.4 is 10.1 Å². The van der Waals surface area contributed by atoms with Crippen LogP contribution in [0.5, 0.6) is 5.75 Å². The van der Waals surface area contributed by atoms with Gasteiger partial charge in [-0.05, 0) is 38.4 Å². The first-order valence-electron chi connectivity index (χ1n) is 7.31. The maximum atomic E-state index is 9.27. The van der Waals surface area contributed by atoms with Gasteiger partial charge in [0.1, 0.15) is 16.8 Å². The van der Waals surface area contributed by atoms with E-state index in [1.54, 1.807) is 6.20 Å². The van der Waals surface area contributed by atoms with E-state index in [1.807, 2.05) is 44.3 Å². The molecule has 0 aliphatic heterocycles. The lowest BCUT2D eigenvalue weighted by molar-refractivity contribution is 0.283. The summed E-state index contributed by atoms with van der Waals surface area (Å²) in [7, 11) is 1.84. The van der Waals surface area contributed by atoms with Gasteiger partial charge in [0.15, 0.2) is 0 Å². The van der Waals surface area contributed by atoms with Gasteiger partial charge in [0.05, 0.1) is 12.7 Å². The summed E-state index contributed by atoms with van der Waals surface area (Å²) in [5, 5.41) is 13.5. The van der Waals surface area contributed by atoms with E-state index in [1.165, 1.54) is 0 Å². The predicted molar refractivity (Wildman–Crippen MR) is 84.2 cm³/mol. The van der Waals surface area contributed by atoms with Crippen molar-refractivity contribution in [1.82, 2.24) is 10.3 Å². The Hall–Kier alpha value is -2.12. The molecule has 4 heteroatoms. The van der Waals surface area contributed by atoms with Crippen LogP contribution in [-0.4, -0.2) is 24.2 Å². The Morgan fingerprint density at radius 2 is 2.14 bits per heavy atom. The molecule has 0 bridgehead atoms. The van der Waals surface area contributed by atoms with Gasteiger partial charge in [0, 0.05) is 11.6 Å². The third-order valence-electron chi connectivity index (χ3n) is 3.90. The van der Waals surface area contributed by atoms with Crippen LogP contribution in [-0.2, 0) is 0 Å². The monoisotopic (exact) mass is 283 g/mol. The van der Waals surface area contributed by atoms with Gasteiger partial charge >= 0.3 is 0 Å². The number of rotatable bonds is 7. The quantitative estimate of drug-likeness (QED) is 0.792. The highest BCUT2D eigenvalue weighted by molar-refractivity contribution is 5.84. The molecule has 2 rings (SSSR count). The molecule has 1 aromatic heterocycles. The standard InChI is InChI=1S/C17H21N3O/c1-3-17(13-18,19-2)10-6-12-21-15-9-4-7-14-8-5-11-20-16(14)15/h4-5,7-9,11,19H,3,6,10,12H2,1-2H3. The van der Waals surface area contributed by atoms with Crippen LogP contribution in [0.2, 0.25) is 0 Å². The van der Waals surface area contributed by atoms with Gasteiger partial charge < -0.3 is 10.1 Å². The van der Waals surface area contributed by atoms with E-state index in [4.69, 9.17) is 4.74 Å². The third kappa shape index (κ3) is 3.50. The molecule has 21 heavy (non-hydrogen) atoms. The fraction of sp³-hybridized carbons (Fsp3) is 0.412. The summed E-state index contributed by atoms with van der Waals surface area (Å²) in [4.78, 5) is 4.37. The van der Waals surface area contributed by atoms with Gasteiger partial charge in [-0.3, -0.25) is 4.98 Å². The highest BCUT2D eigenvalue weighted by Crippen LogP contribution is 2.23. The first-order valence-corrected chi connectivity index (χ1v) is 7.31. The average molecular weight is 283 g/mol. The molecule has 0 amide bonds. The molecule has 0 saturated heterocycles. The second-order valence-electron chi connectivity index (χ2n) is 5.08. The minimum Gasteiger partial charge on any atom is -0.491 e. The van der Waals surface area contributed by atoms with Gasteiger partial charge in [-0.25, -0.2) is 0 Å². The summed E-state index contributed by atoms with van der Waals surface area (Å²) in [5.41, 5.74) is 0.441. The van der Waals surface area contributed by atoms with Gasteiger partial charge in [0.2, 0.25) is 0 Å². The van der Waals surface area contributed by atoms with Crippen molar-refractivity contribution in [3.63, 3.8) is 0 Å². The molecule has 110 valence electrons. The van der Waals surface area contributed by atoms with E-state index in [0.717, 1.165) is 35.9 Å². The topological polar surface area (TPSA) is 57.9 Å². The zero-order chi connectivity index (χ0) is 15.1. The van der Waals surface area contributed by atoms with Crippen molar-refractivity contribution in [2.24, 2.45) is 0 Å². The largest absolute Gasteiger partial charge is 0.491 e. The average Bonchev–Trinajstić information content (AvgIpc) is 2.56. The molecular formula is C17H21N3O. The van der Waals surface area contributed by atoms with Crippen LogP contribution in [0.4, 0.5) is 0 Å². The number of pyridine rings is 1. The lowest BCUT2D eigenvalue weighted by Crippen LogP contribution is -2.41. The van der Waals surface area contributed by atoms with Gasteiger partial charge in [-0.15, -0.1) is 0 Å². The van der Waals surface area contributed by atoms with Crippen molar-refractivity contribution in [2.45, 2.75) is 31.7 Å². The van der Waals surface area contributed by atoms with Crippen molar-refractivity contribution in [3.8, 4) is 11.8 Å². The second-order valence-corrected chi connectivity index (χ2v) is 5.08. The number of hydrogen-bond acceptors (Lipinski definition) is 4. The van der Waals surface area contributed by atoms with Crippen molar-refractivity contribution >= 4 is 10.9 Å². The normalized spacial score (nSPS) is 13.6. The number of aromatic nitrogens is 1. The first kappa shape index (κ1) is 15.3. The summed E-state index contributed by atoms with van der Waals surface area (Å²) in [5.74, 6) is 0.802. The molecule has 0 spiro atoms. The number of hydrogen-bond donors (Lipinski definition) is 1. The van der Waals surface area contributed by atoms with Crippen LogP contribution in [0.25, 0.3) is 10.9 Å². The number of para-hydroxylation sites is 1. The van der Waals surface area contributed by atoms with Crippen LogP contribution >= 0.6 is 0 Å². The predicted octanol–water partition coefficient (Wildman–Crippen LogP) is 3.29. The van der Waals surface area contributed by atoms with E-state index in [9.17, 15) is 5.26 Å². The van der Waals surface area contributed by atoms with E-state index in [0.29, 0.717) is 6.61 Å². The van der Waals surface area contributed by atoms with E-state index in [2.05, 4.69) is 16.4 Å². The molecule has 1 aromatic carbocycles. The molecule has 1 atom stereocenters. The highest BCUT2D eigenvalue weighted by Gasteiger charge is 2.24. The van der Waals surface area contributed by atoms with Gasteiger partial charge in [-0.1, -0.05) is 25.1 Å². The maximum Gasteiger partial charge on any atom is 0.145 e. The Morgan fingerprint density at radius 3 is 2.86 bits per heavy atom. The Labute approximate surface area is 125 Å². The fourth-order valence-corrected chi connectivity index (χ4v) is 2.42. The fourth-order valence-electron chi connectivity index (χ4n) is 2.42. The lowest BCUT2D eigenvalue weighted by atomic mass is 9.92. The number of benzene rings is 1. The summed E-state index contributed by atoms with van der Waals surface area (Å²) in [6.45, 7) is 2.61. The van der Waals surface area contributed by atoms with E-state index in [-0.39, 0.29) is 0 Å². The van der Waals surface area contributed by atoms with Crippen molar-refractivity contribution in [1.29, 1.82) is 5.26 Å². The molecule has 1 unspecified atom stereocenters. The minimum absolute atomic E-state index is 0.444. The molecule has 2 aromatic rings. The van der Waals surface area contributed by atoms with Crippen LogP contribution in [0.3, 0.4) is 0 Å².